The molecular formula is C21H27N3O4. The zero-order valence-corrected chi connectivity index (χ0v) is 16.4. The molecule has 1 unspecified atom stereocenters. The molecule has 7 nitrogen and oxygen atoms in total. The second kappa shape index (κ2) is 11.0. The van der Waals surface area contributed by atoms with Gasteiger partial charge in [-0.2, -0.15) is 5.10 Å². The summed E-state index contributed by atoms with van der Waals surface area (Å²) >= 11 is 0. The minimum Gasteiger partial charge on any atom is -0.451 e. The number of unbranched alkanes of at least 4 members (excludes halogenated alkanes) is 1. The molecule has 7 heteroatoms. The van der Waals surface area contributed by atoms with Crippen molar-refractivity contribution in [2.75, 3.05) is 6.61 Å². The summed E-state index contributed by atoms with van der Waals surface area (Å²) in [6, 6.07) is 12.1. The molecule has 1 aromatic heterocycles. The van der Waals surface area contributed by atoms with Crippen molar-refractivity contribution < 1.29 is 14.3 Å². The van der Waals surface area contributed by atoms with Crippen molar-refractivity contribution in [3.05, 3.63) is 64.1 Å². The number of carbonyl (C=O) groups excluding carboxylic acids is 2. The molecule has 28 heavy (non-hydrogen) atoms. The molecule has 0 aliphatic rings. The lowest BCUT2D eigenvalue weighted by Crippen LogP contribution is -2.33. The fraction of sp³-hybridized carbons (Fsp3) is 0.429. The quantitative estimate of drug-likeness (QED) is 0.635. The highest BCUT2D eigenvalue weighted by Gasteiger charge is 2.17. The highest BCUT2D eigenvalue weighted by Crippen LogP contribution is 2.17. The molecule has 0 aliphatic heterocycles. The molecule has 0 fully saturated rings. The molecule has 150 valence electrons. The Morgan fingerprint density at radius 2 is 1.86 bits per heavy atom. The zero-order valence-electron chi connectivity index (χ0n) is 16.4. The number of benzene rings is 1. The molecule has 1 heterocycles. The third kappa shape index (κ3) is 6.33. The van der Waals surface area contributed by atoms with E-state index in [-0.39, 0.29) is 23.2 Å². The Bertz CT molecular complexity index is 833. The van der Waals surface area contributed by atoms with Gasteiger partial charge in [-0.3, -0.25) is 9.59 Å². The van der Waals surface area contributed by atoms with Crippen LogP contribution in [0.3, 0.4) is 0 Å². The molecule has 2 aromatic rings. The zero-order chi connectivity index (χ0) is 20.4. The molecule has 1 aromatic carbocycles. The first-order valence-corrected chi connectivity index (χ1v) is 9.64. The van der Waals surface area contributed by atoms with Crippen molar-refractivity contribution in [3.8, 4) is 0 Å². The molecule has 1 atom stereocenters. The largest absolute Gasteiger partial charge is 0.451 e. The van der Waals surface area contributed by atoms with Crippen LogP contribution in [0.15, 0.2) is 47.3 Å². The van der Waals surface area contributed by atoms with Crippen LogP contribution in [-0.4, -0.2) is 28.3 Å². The van der Waals surface area contributed by atoms with E-state index in [1.165, 1.54) is 16.8 Å². The molecular weight excluding hydrogens is 358 g/mol. The number of hydrogen-bond donors (Lipinski definition) is 1. The van der Waals surface area contributed by atoms with Gasteiger partial charge in [0.05, 0.1) is 6.04 Å². The molecule has 2 rings (SSSR count). The Morgan fingerprint density at radius 3 is 2.54 bits per heavy atom. The summed E-state index contributed by atoms with van der Waals surface area (Å²) in [5.41, 5.74) is 0.748. The summed E-state index contributed by atoms with van der Waals surface area (Å²) in [5.74, 6) is -1.11. The van der Waals surface area contributed by atoms with Crippen molar-refractivity contribution in [3.63, 3.8) is 0 Å². The Hall–Kier alpha value is -2.96. The van der Waals surface area contributed by atoms with Crippen molar-refractivity contribution in [1.29, 1.82) is 0 Å². The van der Waals surface area contributed by atoms with Crippen molar-refractivity contribution in [2.45, 2.75) is 52.1 Å². The van der Waals surface area contributed by atoms with Crippen molar-refractivity contribution in [2.24, 2.45) is 0 Å². The van der Waals surface area contributed by atoms with Gasteiger partial charge in [-0.1, -0.05) is 57.0 Å². The highest BCUT2D eigenvalue weighted by molar-refractivity contribution is 5.89. The van der Waals surface area contributed by atoms with E-state index < -0.39 is 12.6 Å². The molecule has 0 spiro atoms. The van der Waals surface area contributed by atoms with Crippen LogP contribution >= 0.6 is 0 Å². The normalized spacial score (nSPS) is 11.6. The number of rotatable bonds is 10. The van der Waals surface area contributed by atoms with E-state index in [2.05, 4.69) is 10.4 Å². The predicted molar refractivity (Wildman–Crippen MR) is 106 cm³/mol. The van der Waals surface area contributed by atoms with E-state index in [0.29, 0.717) is 6.54 Å². The van der Waals surface area contributed by atoms with Crippen LogP contribution in [0, 0.1) is 0 Å². The maximum atomic E-state index is 12.2. The van der Waals surface area contributed by atoms with E-state index in [9.17, 15) is 14.4 Å². The Balaban J connectivity index is 1.94. The van der Waals surface area contributed by atoms with E-state index in [0.717, 1.165) is 31.2 Å². The number of esters is 1. The number of amides is 1. The summed E-state index contributed by atoms with van der Waals surface area (Å²) in [6.07, 6.45) is 3.38. The Morgan fingerprint density at radius 1 is 1.11 bits per heavy atom. The summed E-state index contributed by atoms with van der Waals surface area (Å²) in [4.78, 5) is 36.2. The van der Waals surface area contributed by atoms with Gasteiger partial charge in [0.1, 0.15) is 0 Å². The van der Waals surface area contributed by atoms with Gasteiger partial charge in [0.2, 0.25) is 0 Å². The molecule has 0 bridgehead atoms. The Labute approximate surface area is 164 Å². The first-order chi connectivity index (χ1) is 13.5. The standard InChI is InChI=1S/C21H27N3O4/c1-3-5-14-24-20(26)13-12-18(23-24)21(27)28-15-19(25)22-17(9-4-2)16-10-7-6-8-11-16/h6-8,10-13,17H,3-5,9,14-15H2,1-2H3,(H,22,25). The molecule has 0 aliphatic carbocycles. The smallest absolute Gasteiger partial charge is 0.359 e. The lowest BCUT2D eigenvalue weighted by molar-refractivity contribution is -0.125. The van der Waals surface area contributed by atoms with Gasteiger partial charge in [0.25, 0.3) is 11.5 Å². The maximum Gasteiger partial charge on any atom is 0.359 e. The number of carbonyl (C=O) groups is 2. The number of aryl methyl sites for hydroxylation is 1. The predicted octanol–water partition coefficient (Wildman–Crippen LogP) is 2.86. The number of ether oxygens (including phenoxy) is 1. The number of aromatic nitrogens is 2. The average molecular weight is 385 g/mol. The Kier molecular flexibility index (Phi) is 8.39. The van der Waals surface area contributed by atoms with Gasteiger partial charge < -0.3 is 10.1 Å². The lowest BCUT2D eigenvalue weighted by Gasteiger charge is -2.18. The fourth-order valence-electron chi connectivity index (χ4n) is 2.76. The number of nitrogens with one attached hydrogen (secondary N) is 1. The minimum absolute atomic E-state index is 0.0108. The van der Waals surface area contributed by atoms with Gasteiger partial charge in [0.15, 0.2) is 12.3 Å². The average Bonchev–Trinajstić information content (AvgIpc) is 2.71. The van der Waals surface area contributed by atoms with Crippen molar-refractivity contribution >= 4 is 11.9 Å². The summed E-state index contributed by atoms with van der Waals surface area (Å²) in [6.45, 7) is 4.08. The number of hydrogen-bond acceptors (Lipinski definition) is 5. The third-order valence-electron chi connectivity index (χ3n) is 4.25. The van der Waals surface area contributed by atoms with Gasteiger partial charge in [-0.25, -0.2) is 9.48 Å². The van der Waals surface area contributed by atoms with Crippen LogP contribution in [0.2, 0.25) is 0 Å². The van der Waals surface area contributed by atoms with E-state index in [1.807, 2.05) is 44.2 Å². The topological polar surface area (TPSA) is 90.3 Å². The maximum absolute atomic E-state index is 12.2. The minimum atomic E-state index is -0.729. The first kappa shape index (κ1) is 21.3. The monoisotopic (exact) mass is 385 g/mol. The van der Waals surface area contributed by atoms with E-state index in [1.54, 1.807) is 0 Å². The van der Waals surface area contributed by atoms with Gasteiger partial charge >= 0.3 is 5.97 Å². The molecule has 0 radical (unpaired) electrons. The molecule has 0 saturated carbocycles. The van der Waals surface area contributed by atoms with Gasteiger partial charge in [0, 0.05) is 12.6 Å². The van der Waals surface area contributed by atoms with Crippen LogP contribution in [0.25, 0.3) is 0 Å². The van der Waals surface area contributed by atoms with E-state index in [4.69, 9.17) is 4.74 Å². The molecule has 0 saturated heterocycles. The second-order valence-corrected chi connectivity index (χ2v) is 6.53. The SMILES string of the molecule is CCCCn1nc(C(=O)OCC(=O)NC(CCC)c2ccccc2)ccc1=O. The van der Waals surface area contributed by atoms with Gasteiger partial charge in [-0.15, -0.1) is 0 Å². The summed E-state index contributed by atoms with van der Waals surface area (Å²) in [7, 11) is 0. The highest BCUT2D eigenvalue weighted by atomic mass is 16.5. The van der Waals surface area contributed by atoms with Crippen LogP contribution in [-0.2, 0) is 16.1 Å². The van der Waals surface area contributed by atoms with Crippen LogP contribution < -0.4 is 10.9 Å². The van der Waals surface area contributed by atoms with Crippen LogP contribution in [0.1, 0.15) is 61.6 Å². The first-order valence-electron chi connectivity index (χ1n) is 9.64. The fourth-order valence-corrected chi connectivity index (χ4v) is 2.76. The van der Waals surface area contributed by atoms with Crippen molar-refractivity contribution in [1.82, 2.24) is 15.1 Å². The molecule has 1 N–H and O–H groups in total. The molecule has 1 amide bonds. The number of nitrogens with zero attached hydrogens (tertiary/aromatic N) is 2. The van der Waals surface area contributed by atoms with Crippen LogP contribution in [0.4, 0.5) is 0 Å². The summed E-state index contributed by atoms with van der Waals surface area (Å²) in [5, 5.41) is 6.92. The lowest BCUT2D eigenvalue weighted by atomic mass is 10.0. The van der Waals surface area contributed by atoms with Crippen LogP contribution in [0.5, 0.6) is 0 Å². The second-order valence-electron chi connectivity index (χ2n) is 6.53. The summed E-state index contributed by atoms with van der Waals surface area (Å²) < 4.78 is 6.32. The van der Waals surface area contributed by atoms with Gasteiger partial charge in [-0.05, 0) is 24.5 Å². The third-order valence-corrected chi connectivity index (χ3v) is 4.25. The van der Waals surface area contributed by atoms with E-state index >= 15 is 0 Å².